The Labute approximate surface area is 142 Å². The molecule has 6 heteroatoms. The number of benzene rings is 1. The minimum atomic E-state index is 0. The summed E-state index contributed by atoms with van der Waals surface area (Å²) in [5.74, 6) is 1.99. The van der Waals surface area contributed by atoms with Gasteiger partial charge in [0.1, 0.15) is 0 Å². The van der Waals surface area contributed by atoms with Crippen molar-refractivity contribution in [3.05, 3.63) is 18.2 Å². The van der Waals surface area contributed by atoms with Gasteiger partial charge in [-0.15, -0.1) is 24.0 Å². The van der Waals surface area contributed by atoms with Gasteiger partial charge in [0.05, 0.1) is 19.3 Å². The van der Waals surface area contributed by atoms with Crippen molar-refractivity contribution in [2.75, 3.05) is 18.5 Å². The average Bonchev–Trinajstić information content (AvgIpc) is 3.04. The van der Waals surface area contributed by atoms with Crippen LogP contribution in [-0.2, 0) is 0 Å². The lowest BCUT2D eigenvalue weighted by molar-refractivity contribution is 0.297. The van der Waals surface area contributed by atoms with Crippen LogP contribution < -0.4 is 20.5 Å². The van der Waals surface area contributed by atoms with Crippen molar-refractivity contribution in [2.45, 2.75) is 32.7 Å². The highest BCUT2D eigenvalue weighted by molar-refractivity contribution is 14.0. The molecule has 0 amide bonds. The molecular weight excluding hydrogens is 381 g/mol. The lowest BCUT2D eigenvalue weighted by Crippen LogP contribution is -2.23. The highest BCUT2D eigenvalue weighted by atomic mass is 127. The Kier molecular flexibility index (Phi) is 4.85. The number of fused-ring (bicyclic) bond motifs is 1. The van der Waals surface area contributed by atoms with Gasteiger partial charge >= 0.3 is 0 Å². The average molecular weight is 403 g/mol. The zero-order chi connectivity index (χ0) is 14.2. The Morgan fingerprint density at radius 1 is 1.29 bits per heavy atom. The van der Waals surface area contributed by atoms with E-state index in [9.17, 15) is 0 Å². The van der Waals surface area contributed by atoms with Gasteiger partial charge in [-0.1, -0.05) is 13.8 Å². The van der Waals surface area contributed by atoms with E-state index in [1.165, 1.54) is 0 Å². The maximum Gasteiger partial charge on any atom is 0.193 e. The number of nitrogens with one attached hydrogen (secondary N) is 1. The van der Waals surface area contributed by atoms with Gasteiger partial charge in [0.2, 0.25) is 0 Å². The molecule has 2 aliphatic rings. The quantitative estimate of drug-likeness (QED) is 0.453. The van der Waals surface area contributed by atoms with Crippen molar-refractivity contribution >= 4 is 35.6 Å². The van der Waals surface area contributed by atoms with Gasteiger partial charge in [-0.25, -0.2) is 4.99 Å². The van der Waals surface area contributed by atoms with Crippen LogP contribution >= 0.6 is 24.0 Å². The smallest absolute Gasteiger partial charge is 0.193 e. The summed E-state index contributed by atoms with van der Waals surface area (Å²) in [6.07, 6.45) is 1.99. The van der Waals surface area contributed by atoms with Crippen LogP contribution in [0.1, 0.15) is 26.7 Å². The molecule has 1 atom stereocenters. The van der Waals surface area contributed by atoms with E-state index in [2.05, 4.69) is 24.2 Å². The molecule has 0 saturated heterocycles. The normalized spacial score (nSPS) is 22.8. The predicted octanol–water partition coefficient (Wildman–Crippen LogP) is 2.99. The van der Waals surface area contributed by atoms with Gasteiger partial charge in [0.25, 0.3) is 0 Å². The predicted molar refractivity (Wildman–Crippen MR) is 94.9 cm³/mol. The van der Waals surface area contributed by atoms with Crippen LogP contribution in [0.3, 0.4) is 0 Å². The third kappa shape index (κ3) is 3.93. The molecule has 3 N–H and O–H groups in total. The van der Waals surface area contributed by atoms with Crippen LogP contribution in [0.4, 0.5) is 5.69 Å². The van der Waals surface area contributed by atoms with E-state index in [0.717, 1.165) is 30.0 Å². The maximum atomic E-state index is 5.94. The summed E-state index contributed by atoms with van der Waals surface area (Å²) >= 11 is 0. The van der Waals surface area contributed by atoms with Crippen LogP contribution in [0.5, 0.6) is 11.5 Å². The molecule has 1 aromatic rings. The molecule has 1 aromatic carbocycles. The van der Waals surface area contributed by atoms with Gasteiger partial charge < -0.3 is 20.5 Å². The molecule has 1 heterocycles. The highest BCUT2D eigenvalue weighted by Gasteiger charge is 2.45. The van der Waals surface area contributed by atoms with Gasteiger partial charge in [-0.05, 0) is 24.0 Å². The second kappa shape index (κ2) is 6.29. The first-order valence-corrected chi connectivity index (χ1v) is 7.04. The summed E-state index contributed by atoms with van der Waals surface area (Å²) in [5.41, 5.74) is 7.10. The fourth-order valence-electron chi connectivity index (χ4n) is 2.25. The fraction of sp³-hybridized carbons (Fsp3) is 0.533. The Morgan fingerprint density at radius 2 is 1.95 bits per heavy atom. The van der Waals surface area contributed by atoms with E-state index in [-0.39, 0.29) is 29.4 Å². The standard InChI is InChI=1S/C15H21N3O2.HI/c1-15(2)9-13(15)18-14(16)17-10-4-5-11-12(8-10)20-7-3-6-19-11;/h4-5,8,13H,3,6-7,9H2,1-2H3,(H3,16,17,18);1H. The zero-order valence-electron chi connectivity index (χ0n) is 12.4. The van der Waals surface area contributed by atoms with Crippen LogP contribution in [0.2, 0.25) is 0 Å². The number of hydrogen-bond acceptors (Lipinski definition) is 3. The molecule has 0 spiro atoms. The summed E-state index contributed by atoms with van der Waals surface area (Å²) in [6, 6.07) is 6.06. The zero-order valence-corrected chi connectivity index (χ0v) is 14.7. The van der Waals surface area contributed by atoms with Gasteiger partial charge in [-0.2, -0.15) is 0 Å². The van der Waals surface area contributed by atoms with Crippen LogP contribution in [0, 0.1) is 5.41 Å². The number of nitrogens with zero attached hydrogens (tertiary/aromatic N) is 1. The number of hydrogen-bond donors (Lipinski definition) is 2. The van der Waals surface area contributed by atoms with Crippen molar-refractivity contribution < 1.29 is 9.47 Å². The highest BCUT2D eigenvalue weighted by Crippen LogP contribution is 2.47. The van der Waals surface area contributed by atoms with Gasteiger partial charge in [0, 0.05) is 18.2 Å². The van der Waals surface area contributed by atoms with E-state index in [1.807, 2.05) is 18.2 Å². The molecule has 1 aliphatic carbocycles. The van der Waals surface area contributed by atoms with Crippen LogP contribution in [0.15, 0.2) is 23.2 Å². The fourth-order valence-corrected chi connectivity index (χ4v) is 2.25. The van der Waals surface area contributed by atoms with E-state index >= 15 is 0 Å². The Hall–Kier alpha value is -1.18. The molecule has 116 valence electrons. The Balaban J connectivity index is 0.00000161. The van der Waals surface area contributed by atoms with Crippen molar-refractivity contribution in [3.8, 4) is 11.5 Å². The number of anilines is 1. The summed E-state index contributed by atoms with van der Waals surface area (Å²) in [4.78, 5) is 4.48. The molecular formula is C15H22IN3O2. The van der Waals surface area contributed by atoms with E-state index in [1.54, 1.807) is 0 Å². The molecule has 21 heavy (non-hydrogen) atoms. The number of ether oxygens (including phenoxy) is 2. The van der Waals surface area contributed by atoms with E-state index in [4.69, 9.17) is 15.2 Å². The largest absolute Gasteiger partial charge is 0.490 e. The van der Waals surface area contributed by atoms with Crippen molar-refractivity contribution in [1.29, 1.82) is 0 Å². The molecule has 0 radical (unpaired) electrons. The summed E-state index contributed by atoms with van der Waals surface area (Å²) in [6.45, 7) is 5.76. The first-order valence-electron chi connectivity index (χ1n) is 7.04. The van der Waals surface area contributed by atoms with Crippen molar-refractivity contribution in [2.24, 2.45) is 16.1 Å². The van der Waals surface area contributed by atoms with Gasteiger partial charge in [0.15, 0.2) is 17.5 Å². The molecule has 1 unspecified atom stereocenters. The lowest BCUT2D eigenvalue weighted by atomic mass is 10.2. The van der Waals surface area contributed by atoms with Gasteiger partial charge in [-0.3, -0.25) is 0 Å². The maximum absolute atomic E-state index is 5.94. The summed E-state index contributed by atoms with van der Waals surface area (Å²) < 4.78 is 11.2. The number of aliphatic imine (C=N–C) groups is 1. The number of rotatable bonds is 2. The third-order valence-corrected chi connectivity index (χ3v) is 3.78. The minimum absolute atomic E-state index is 0. The molecule has 1 aliphatic heterocycles. The molecule has 0 bridgehead atoms. The van der Waals surface area contributed by atoms with Crippen molar-refractivity contribution in [1.82, 2.24) is 0 Å². The molecule has 1 saturated carbocycles. The van der Waals surface area contributed by atoms with Crippen LogP contribution in [-0.4, -0.2) is 25.2 Å². The first kappa shape index (κ1) is 16.2. The Morgan fingerprint density at radius 3 is 2.62 bits per heavy atom. The first-order chi connectivity index (χ1) is 9.54. The van der Waals surface area contributed by atoms with Crippen LogP contribution in [0.25, 0.3) is 0 Å². The minimum Gasteiger partial charge on any atom is -0.490 e. The number of halogens is 1. The topological polar surface area (TPSA) is 68.9 Å². The monoisotopic (exact) mass is 403 g/mol. The second-order valence-corrected chi connectivity index (χ2v) is 6.06. The second-order valence-electron chi connectivity index (χ2n) is 6.06. The molecule has 3 rings (SSSR count). The number of nitrogens with two attached hydrogens (primary N) is 1. The summed E-state index contributed by atoms with van der Waals surface area (Å²) in [5, 5.41) is 3.11. The third-order valence-electron chi connectivity index (χ3n) is 3.78. The Bertz CT molecular complexity index is 546. The van der Waals surface area contributed by atoms with E-state index in [0.29, 0.717) is 25.2 Å². The molecule has 1 fully saturated rings. The van der Waals surface area contributed by atoms with Crippen molar-refractivity contribution in [3.63, 3.8) is 0 Å². The lowest BCUT2D eigenvalue weighted by Gasteiger charge is -2.11. The SMILES string of the molecule is CC1(C)CC1N=C(N)Nc1ccc2c(c1)OCCCO2.I. The molecule has 5 nitrogen and oxygen atoms in total. The number of guanidine groups is 1. The van der Waals surface area contributed by atoms with E-state index < -0.39 is 0 Å². The molecule has 0 aromatic heterocycles. The summed E-state index contributed by atoms with van der Waals surface area (Å²) in [7, 11) is 0.